The lowest BCUT2D eigenvalue weighted by Crippen LogP contribution is -2.48. The molecule has 0 heterocycles. The summed E-state index contributed by atoms with van der Waals surface area (Å²) in [5.41, 5.74) is 1.75. The SMILES string of the molecule is CCCCNC(=O)[C@H](C)N(Cc1ccccc1Cl)C(=O)Cc1ccccc1. The number of nitrogens with one attached hydrogen (secondary N) is 1. The van der Waals surface area contributed by atoms with E-state index in [0.717, 1.165) is 24.0 Å². The molecule has 0 spiro atoms. The number of benzene rings is 2. The third-order valence-corrected chi connectivity index (χ3v) is 4.86. The Hall–Kier alpha value is -2.33. The van der Waals surface area contributed by atoms with Crippen molar-refractivity contribution in [1.29, 1.82) is 0 Å². The molecule has 2 aromatic rings. The topological polar surface area (TPSA) is 49.4 Å². The van der Waals surface area contributed by atoms with Crippen LogP contribution >= 0.6 is 11.6 Å². The molecule has 0 aliphatic heterocycles. The number of unbranched alkanes of at least 4 members (excludes halogenated alkanes) is 1. The van der Waals surface area contributed by atoms with Gasteiger partial charge < -0.3 is 10.2 Å². The van der Waals surface area contributed by atoms with E-state index in [4.69, 9.17) is 11.6 Å². The predicted molar refractivity (Wildman–Crippen MR) is 110 cm³/mol. The van der Waals surface area contributed by atoms with Crippen molar-refractivity contribution in [3.05, 3.63) is 70.7 Å². The van der Waals surface area contributed by atoms with Crippen molar-refractivity contribution in [2.75, 3.05) is 6.54 Å². The van der Waals surface area contributed by atoms with Gasteiger partial charge in [-0.15, -0.1) is 0 Å². The lowest BCUT2D eigenvalue weighted by molar-refractivity contribution is -0.140. The molecule has 1 atom stereocenters. The molecular formula is C22H27ClN2O2. The molecule has 2 amide bonds. The van der Waals surface area contributed by atoms with Crippen LogP contribution in [-0.4, -0.2) is 29.3 Å². The lowest BCUT2D eigenvalue weighted by atomic mass is 10.1. The summed E-state index contributed by atoms with van der Waals surface area (Å²) in [7, 11) is 0. The summed E-state index contributed by atoms with van der Waals surface area (Å²) < 4.78 is 0. The van der Waals surface area contributed by atoms with E-state index in [2.05, 4.69) is 12.2 Å². The van der Waals surface area contributed by atoms with Gasteiger partial charge in [-0.2, -0.15) is 0 Å². The molecule has 27 heavy (non-hydrogen) atoms. The second-order valence-corrected chi connectivity index (χ2v) is 7.00. The van der Waals surface area contributed by atoms with Gasteiger partial charge in [0.1, 0.15) is 6.04 Å². The van der Waals surface area contributed by atoms with Crippen molar-refractivity contribution in [2.45, 2.75) is 45.7 Å². The minimum Gasteiger partial charge on any atom is -0.354 e. The maximum absolute atomic E-state index is 13.0. The molecule has 2 rings (SSSR count). The third-order valence-electron chi connectivity index (χ3n) is 4.49. The van der Waals surface area contributed by atoms with Crippen LogP contribution in [0.15, 0.2) is 54.6 Å². The molecule has 5 heteroatoms. The number of rotatable bonds is 9. The van der Waals surface area contributed by atoms with E-state index in [0.29, 0.717) is 18.1 Å². The van der Waals surface area contributed by atoms with Crippen LogP contribution in [0.25, 0.3) is 0 Å². The molecule has 0 aliphatic carbocycles. The standard InChI is InChI=1S/C22H27ClN2O2/c1-3-4-14-24-22(27)17(2)25(16-19-12-8-9-13-20(19)23)21(26)15-18-10-6-5-7-11-18/h5-13,17H,3-4,14-16H2,1-2H3,(H,24,27)/t17-/m0/s1. The number of nitrogens with zero attached hydrogens (tertiary/aromatic N) is 1. The van der Waals surface area contributed by atoms with Gasteiger partial charge in [0.05, 0.1) is 6.42 Å². The second kappa shape index (κ2) is 10.7. The van der Waals surface area contributed by atoms with Crippen LogP contribution in [0.5, 0.6) is 0 Å². The molecule has 0 bridgehead atoms. The van der Waals surface area contributed by atoms with Gasteiger partial charge in [-0.1, -0.05) is 73.5 Å². The van der Waals surface area contributed by atoms with Gasteiger partial charge in [0.15, 0.2) is 0 Å². The first-order valence-corrected chi connectivity index (χ1v) is 9.75. The van der Waals surface area contributed by atoms with Crippen molar-refractivity contribution in [2.24, 2.45) is 0 Å². The van der Waals surface area contributed by atoms with Crippen molar-refractivity contribution in [1.82, 2.24) is 10.2 Å². The number of carbonyl (C=O) groups is 2. The van der Waals surface area contributed by atoms with Gasteiger partial charge >= 0.3 is 0 Å². The monoisotopic (exact) mass is 386 g/mol. The zero-order valence-corrected chi connectivity index (χ0v) is 16.7. The average Bonchev–Trinajstić information content (AvgIpc) is 2.67. The lowest BCUT2D eigenvalue weighted by Gasteiger charge is -2.29. The molecule has 2 aromatic carbocycles. The Labute approximate surface area is 166 Å². The molecular weight excluding hydrogens is 360 g/mol. The summed E-state index contributed by atoms with van der Waals surface area (Å²) in [5, 5.41) is 3.51. The summed E-state index contributed by atoms with van der Waals surface area (Å²) in [6, 6.07) is 16.4. The van der Waals surface area contributed by atoms with Gasteiger partial charge in [0.2, 0.25) is 11.8 Å². The molecule has 0 unspecified atom stereocenters. The Morgan fingerprint density at radius 3 is 2.41 bits per heavy atom. The molecule has 4 nitrogen and oxygen atoms in total. The smallest absolute Gasteiger partial charge is 0.242 e. The van der Waals surface area contributed by atoms with Crippen LogP contribution < -0.4 is 5.32 Å². The van der Waals surface area contributed by atoms with Crippen LogP contribution in [-0.2, 0) is 22.6 Å². The molecule has 0 aromatic heterocycles. The summed E-state index contributed by atoms with van der Waals surface area (Å²) in [5.74, 6) is -0.240. The van der Waals surface area contributed by atoms with Gasteiger partial charge in [-0.25, -0.2) is 0 Å². The Morgan fingerprint density at radius 2 is 1.74 bits per heavy atom. The quantitative estimate of drug-likeness (QED) is 0.656. The Morgan fingerprint density at radius 1 is 1.07 bits per heavy atom. The molecule has 0 fully saturated rings. The largest absolute Gasteiger partial charge is 0.354 e. The minimum absolute atomic E-state index is 0.0979. The number of hydrogen-bond donors (Lipinski definition) is 1. The average molecular weight is 387 g/mol. The first-order chi connectivity index (χ1) is 13.0. The van der Waals surface area contributed by atoms with E-state index in [1.807, 2.05) is 48.5 Å². The highest BCUT2D eigenvalue weighted by Gasteiger charge is 2.26. The van der Waals surface area contributed by atoms with Gasteiger partial charge in [0.25, 0.3) is 0 Å². The maximum atomic E-state index is 13.0. The van der Waals surface area contributed by atoms with Crippen LogP contribution in [0.4, 0.5) is 0 Å². The van der Waals surface area contributed by atoms with Crippen LogP contribution in [0, 0.1) is 0 Å². The second-order valence-electron chi connectivity index (χ2n) is 6.60. The van der Waals surface area contributed by atoms with Crippen LogP contribution in [0.2, 0.25) is 5.02 Å². The van der Waals surface area contributed by atoms with E-state index < -0.39 is 6.04 Å². The van der Waals surface area contributed by atoms with E-state index in [-0.39, 0.29) is 18.2 Å². The fourth-order valence-corrected chi connectivity index (χ4v) is 3.00. The highest BCUT2D eigenvalue weighted by Crippen LogP contribution is 2.19. The van der Waals surface area contributed by atoms with E-state index in [9.17, 15) is 9.59 Å². The van der Waals surface area contributed by atoms with E-state index in [1.54, 1.807) is 17.9 Å². The molecule has 1 N–H and O–H groups in total. The summed E-state index contributed by atoms with van der Waals surface area (Å²) in [6.07, 6.45) is 2.17. The third kappa shape index (κ3) is 6.40. The van der Waals surface area contributed by atoms with Crippen molar-refractivity contribution >= 4 is 23.4 Å². The maximum Gasteiger partial charge on any atom is 0.242 e. The van der Waals surface area contributed by atoms with E-state index >= 15 is 0 Å². The normalized spacial score (nSPS) is 11.7. The number of halogens is 1. The van der Waals surface area contributed by atoms with Gasteiger partial charge in [0, 0.05) is 18.1 Å². The fourth-order valence-electron chi connectivity index (χ4n) is 2.80. The fraction of sp³-hybridized carbons (Fsp3) is 0.364. The van der Waals surface area contributed by atoms with E-state index in [1.165, 1.54) is 0 Å². The zero-order valence-electron chi connectivity index (χ0n) is 16.0. The molecule has 0 radical (unpaired) electrons. The number of carbonyl (C=O) groups excluding carboxylic acids is 2. The molecule has 0 saturated carbocycles. The number of hydrogen-bond acceptors (Lipinski definition) is 2. The number of amides is 2. The summed E-state index contributed by atoms with van der Waals surface area (Å²) in [4.78, 5) is 27.2. The highest BCUT2D eigenvalue weighted by atomic mass is 35.5. The van der Waals surface area contributed by atoms with Gasteiger partial charge in [-0.05, 0) is 30.5 Å². The molecule has 144 valence electrons. The predicted octanol–water partition coefficient (Wildman–Crippen LogP) is 4.22. The first kappa shape index (κ1) is 21.0. The first-order valence-electron chi connectivity index (χ1n) is 9.37. The molecule has 0 saturated heterocycles. The Bertz CT molecular complexity index is 749. The summed E-state index contributed by atoms with van der Waals surface area (Å²) in [6.45, 7) is 4.75. The molecule has 0 aliphatic rings. The minimum atomic E-state index is -0.575. The zero-order chi connectivity index (χ0) is 19.6. The van der Waals surface area contributed by atoms with Gasteiger partial charge in [-0.3, -0.25) is 9.59 Å². The van der Waals surface area contributed by atoms with Crippen LogP contribution in [0.1, 0.15) is 37.8 Å². The van der Waals surface area contributed by atoms with Crippen molar-refractivity contribution < 1.29 is 9.59 Å². The van der Waals surface area contributed by atoms with Crippen LogP contribution in [0.3, 0.4) is 0 Å². The highest BCUT2D eigenvalue weighted by molar-refractivity contribution is 6.31. The Kier molecular flexibility index (Phi) is 8.34. The van der Waals surface area contributed by atoms with Crippen molar-refractivity contribution in [3.8, 4) is 0 Å². The summed E-state index contributed by atoms with van der Waals surface area (Å²) >= 11 is 6.28. The Balaban J connectivity index is 2.17. The van der Waals surface area contributed by atoms with Crippen molar-refractivity contribution in [3.63, 3.8) is 0 Å².